The lowest BCUT2D eigenvalue weighted by Gasteiger charge is -2.26. The fraction of sp³-hybridized carbons (Fsp3) is 0. The predicted molar refractivity (Wildman–Crippen MR) is 247 cm³/mol. The predicted octanol–water partition coefficient (Wildman–Crippen LogP) is 16.3. The van der Waals surface area contributed by atoms with Crippen LogP contribution in [0.2, 0.25) is 0 Å². The van der Waals surface area contributed by atoms with E-state index in [1.807, 2.05) is 89.8 Å². The van der Waals surface area contributed by atoms with Gasteiger partial charge < -0.3 is 13.7 Å². The maximum Gasteiger partial charge on any atom is 0.143 e. The van der Waals surface area contributed by atoms with Gasteiger partial charge in [0.15, 0.2) is 0 Å². The van der Waals surface area contributed by atoms with Gasteiger partial charge in [0.2, 0.25) is 0 Å². The molecule has 12 aromatic rings. The Morgan fingerprint density at radius 3 is 1.83 bits per heavy atom. The van der Waals surface area contributed by atoms with Gasteiger partial charge in [0.05, 0.1) is 16.6 Å². The fourth-order valence-corrected chi connectivity index (χ4v) is 8.70. The monoisotopic (exact) mass is 757 g/mol. The topological polar surface area (TPSA) is 29.5 Å². The largest absolute Gasteiger partial charge is 0.456 e. The van der Waals surface area contributed by atoms with Gasteiger partial charge >= 0.3 is 0 Å². The Morgan fingerprint density at radius 1 is 0.356 bits per heavy atom. The van der Waals surface area contributed by atoms with Crippen LogP contribution in [0.4, 0.5) is 17.1 Å². The zero-order chi connectivity index (χ0) is 42.3. The van der Waals surface area contributed by atoms with Gasteiger partial charge in [-0.3, -0.25) is 0 Å². The summed E-state index contributed by atoms with van der Waals surface area (Å²) in [5, 5.41) is 7.71. The van der Waals surface area contributed by atoms with E-state index in [-0.39, 0.29) is 35.4 Å². The molecule has 0 saturated heterocycles. The smallest absolute Gasteiger partial charge is 0.143 e. The minimum Gasteiger partial charge on any atom is -0.456 e. The van der Waals surface area contributed by atoms with Crippen molar-refractivity contribution < 1.29 is 14.3 Å². The summed E-state index contributed by atoms with van der Waals surface area (Å²) in [5.41, 5.74) is 9.25. The maximum absolute atomic E-state index is 9.78. The summed E-state index contributed by atoms with van der Waals surface area (Å²) in [7, 11) is 0. The molecule has 2 aromatic heterocycles. The molecule has 0 fully saturated rings. The molecular formula is C56H35NO2. The molecule has 0 aliphatic heterocycles. The Kier molecular flexibility index (Phi) is 6.65. The lowest BCUT2D eigenvalue weighted by Crippen LogP contribution is -2.10. The van der Waals surface area contributed by atoms with E-state index < -0.39 is 0 Å². The number of anilines is 3. The lowest BCUT2D eigenvalue weighted by atomic mass is 9.97. The van der Waals surface area contributed by atoms with Crippen molar-refractivity contribution in [2.45, 2.75) is 0 Å². The standard InChI is InChI=1S/C56H35NO2/c1-2-12-40-35-43(23-22-36(40)10-1)42-14-7-13-41(34-42)37-24-29-44(30-25-37)57(50-18-9-21-53-55(50)49-33-28-38-11-3-4-15-47(38)56(49)59-53)45-31-26-39(27-32-45)46-17-8-20-52-54(46)48-16-5-6-19-51(48)58-52/h1-35H/i26D,27D,31D,32D. The van der Waals surface area contributed by atoms with Gasteiger partial charge in [0.25, 0.3) is 0 Å². The van der Waals surface area contributed by atoms with Gasteiger partial charge in [-0.1, -0.05) is 146 Å². The molecule has 0 unspecified atom stereocenters. The van der Waals surface area contributed by atoms with Crippen LogP contribution in [0.25, 0.3) is 98.8 Å². The van der Waals surface area contributed by atoms with E-state index in [0.29, 0.717) is 33.7 Å². The van der Waals surface area contributed by atoms with Gasteiger partial charge in [-0.25, -0.2) is 0 Å². The SMILES string of the molecule is [2H]c1c([2H])c(N(c2ccc(-c3cccc(-c4ccc5ccccc5c4)c3)cc2)c2cccc3oc4c5ccccc5ccc4c23)c([2H])c([2H])c1-c1cccc2oc3ccccc3c12. The highest BCUT2D eigenvalue weighted by Gasteiger charge is 2.21. The molecule has 0 aliphatic rings. The van der Waals surface area contributed by atoms with Crippen LogP contribution >= 0.6 is 0 Å². The Morgan fingerprint density at radius 2 is 0.983 bits per heavy atom. The number of fused-ring (bicyclic) bond motifs is 9. The Hall–Kier alpha value is -7.88. The summed E-state index contributed by atoms with van der Waals surface area (Å²) in [4.78, 5) is 1.86. The van der Waals surface area contributed by atoms with Gasteiger partial charge in [-0.05, 0) is 116 Å². The third-order valence-electron chi connectivity index (χ3n) is 11.5. The van der Waals surface area contributed by atoms with Crippen molar-refractivity contribution in [3.05, 3.63) is 212 Å². The third kappa shape index (κ3) is 5.51. The number of nitrogens with zero attached hydrogens (tertiary/aromatic N) is 1. The molecule has 0 atom stereocenters. The Labute approximate surface area is 346 Å². The van der Waals surface area contributed by atoms with E-state index in [0.717, 1.165) is 60.2 Å². The molecule has 0 saturated carbocycles. The number of hydrogen-bond acceptors (Lipinski definition) is 3. The van der Waals surface area contributed by atoms with Gasteiger partial charge in [0, 0.05) is 32.9 Å². The summed E-state index contributed by atoms with van der Waals surface area (Å²) in [6.07, 6.45) is 0. The van der Waals surface area contributed by atoms with E-state index in [4.69, 9.17) is 8.83 Å². The second kappa shape index (κ2) is 13.4. The first-order valence-corrected chi connectivity index (χ1v) is 19.7. The van der Waals surface area contributed by atoms with E-state index in [1.54, 1.807) is 0 Å². The molecule has 0 radical (unpaired) electrons. The highest BCUT2D eigenvalue weighted by molar-refractivity contribution is 6.19. The average molecular weight is 758 g/mol. The lowest BCUT2D eigenvalue weighted by molar-refractivity contribution is 0.669. The number of rotatable bonds is 6. The van der Waals surface area contributed by atoms with E-state index in [2.05, 4.69) is 103 Å². The average Bonchev–Trinajstić information content (AvgIpc) is 3.92. The van der Waals surface area contributed by atoms with Crippen LogP contribution in [0, 0.1) is 0 Å². The molecular weight excluding hydrogens is 719 g/mol. The van der Waals surface area contributed by atoms with Gasteiger partial charge in [0.1, 0.15) is 22.3 Å². The van der Waals surface area contributed by atoms with Crippen LogP contribution < -0.4 is 4.90 Å². The van der Waals surface area contributed by atoms with Crippen molar-refractivity contribution in [1.82, 2.24) is 0 Å². The number of hydrogen-bond donors (Lipinski definition) is 0. The first kappa shape index (κ1) is 29.4. The first-order valence-electron chi connectivity index (χ1n) is 21.7. The second-order valence-corrected chi connectivity index (χ2v) is 14.9. The summed E-state index contributed by atoms with van der Waals surface area (Å²) in [5.74, 6) is 0. The molecule has 0 amide bonds. The maximum atomic E-state index is 9.78. The molecule has 12 rings (SSSR count). The van der Waals surface area contributed by atoms with Gasteiger partial charge in [-0.15, -0.1) is 0 Å². The molecule has 59 heavy (non-hydrogen) atoms. The number of furan rings is 2. The minimum atomic E-state index is -0.168. The zero-order valence-corrected chi connectivity index (χ0v) is 31.7. The molecule has 0 N–H and O–H groups in total. The molecule has 3 heteroatoms. The van der Waals surface area contributed by atoms with Crippen molar-refractivity contribution in [1.29, 1.82) is 0 Å². The van der Waals surface area contributed by atoms with E-state index in [9.17, 15) is 5.48 Å². The summed E-state index contributed by atoms with van der Waals surface area (Å²) in [6.45, 7) is 0. The van der Waals surface area contributed by atoms with Crippen LogP contribution in [0.3, 0.4) is 0 Å². The normalized spacial score (nSPS) is 12.7. The van der Waals surface area contributed by atoms with Crippen molar-refractivity contribution in [2.24, 2.45) is 0 Å². The van der Waals surface area contributed by atoms with Crippen LogP contribution in [0.15, 0.2) is 221 Å². The van der Waals surface area contributed by atoms with Crippen molar-refractivity contribution in [3.8, 4) is 33.4 Å². The number of para-hydroxylation sites is 1. The van der Waals surface area contributed by atoms with Crippen LogP contribution in [0.5, 0.6) is 0 Å². The van der Waals surface area contributed by atoms with E-state index in [1.165, 1.54) is 10.8 Å². The van der Waals surface area contributed by atoms with Crippen molar-refractivity contribution in [2.75, 3.05) is 4.90 Å². The van der Waals surface area contributed by atoms with Gasteiger partial charge in [-0.2, -0.15) is 0 Å². The summed E-state index contributed by atoms with van der Waals surface area (Å²) >= 11 is 0. The highest BCUT2D eigenvalue weighted by Crippen LogP contribution is 2.45. The second-order valence-electron chi connectivity index (χ2n) is 14.9. The molecule has 2 heterocycles. The fourth-order valence-electron chi connectivity index (χ4n) is 8.70. The molecule has 0 spiro atoms. The molecule has 0 bridgehead atoms. The van der Waals surface area contributed by atoms with Crippen LogP contribution in [0.1, 0.15) is 5.48 Å². The first-order chi connectivity index (χ1) is 30.9. The van der Waals surface area contributed by atoms with Crippen molar-refractivity contribution >= 4 is 82.5 Å². The zero-order valence-electron chi connectivity index (χ0n) is 35.7. The Bertz CT molecular complexity index is 3780. The van der Waals surface area contributed by atoms with Crippen LogP contribution in [-0.2, 0) is 0 Å². The molecule has 3 nitrogen and oxygen atoms in total. The van der Waals surface area contributed by atoms with Crippen LogP contribution in [-0.4, -0.2) is 0 Å². The molecule has 10 aromatic carbocycles. The molecule has 276 valence electrons. The van der Waals surface area contributed by atoms with E-state index >= 15 is 0 Å². The number of benzene rings is 10. The quantitative estimate of drug-likeness (QED) is 0.169. The third-order valence-corrected chi connectivity index (χ3v) is 11.5. The van der Waals surface area contributed by atoms with Crippen molar-refractivity contribution in [3.63, 3.8) is 0 Å². The highest BCUT2D eigenvalue weighted by atomic mass is 16.3. The molecule has 0 aliphatic carbocycles. The summed E-state index contributed by atoms with van der Waals surface area (Å²) < 4.78 is 51.6. The Balaban J connectivity index is 1.05. The minimum absolute atomic E-state index is 0.131. The summed E-state index contributed by atoms with van der Waals surface area (Å²) in [6, 6.07) is 62.2.